The maximum absolute atomic E-state index is 12.7. The van der Waals surface area contributed by atoms with E-state index in [9.17, 15) is 9.59 Å². The zero-order valence-electron chi connectivity index (χ0n) is 16.3. The van der Waals surface area contributed by atoms with Crippen molar-refractivity contribution < 1.29 is 9.59 Å². The number of nitrogens with one attached hydrogen (secondary N) is 1. The maximum Gasteiger partial charge on any atom is 0.322 e. The van der Waals surface area contributed by atoms with Gasteiger partial charge in [-0.2, -0.15) is 5.10 Å². The Bertz CT molecular complexity index is 638. The summed E-state index contributed by atoms with van der Waals surface area (Å²) < 4.78 is 1.92. The maximum atomic E-state index is 12.7. The monoisotopic (exact) mass is 349 g/mol. The van der Waals surface area contributed by atoms with Crippen LogP contribution in [0.4, 0.5) is 10.5 Å². The number of piperazine rings is 1. The number of nitrogens with zero attached hydrogens (tertiary/aromatic N) is 4. The molecular weight excluding hydrogens is 318 g/mol. The highest BCUT2D eigenvalue weighted by molar-refractivity contribution is 5.95. The van der Waals surface area contributed by atoms with E-state index in [0.29, 0.717) is 19.0 Å². The minimum atomic E-state index is -0.446. The SMILES string of the molecule is CCCn1nc(C)c(NC(=O)N2CCN(CC(C)C)C(=O)[C@H]2C)c1C. The second-order valence-corrected chi connectivity index (χ2v) is 7.25. The molecule has 1 aliphatic rings. The molecule has 0 aromatic carbocycles. The summed E-state index contributed by atoms with van der Waals surface area (Å²) in [5.41, 5.74) is 2.50. The molecule has 1 saturated heterocycles. The average Bonchev–Trinajstić information content (AvgIpc) is 2.79. The first-order valence-corrected chi connectivity index (χ1v) is 9.16. The minimum absolute atomic E-state index is 0.0187. The van der Waals surface area contributed by atoms with Crippen molar-refractivity contribution in [1.82, 2.24) is 19.6 Å². The molecule has 140 valence electrons. The molecule has 3 amide bonds. The van der Waals surface area contributed by atoms with Crippen molar-refractivity contribution in [2.24, 2.45) is 5.92 Å². The first-order valence-electron chi connectivity index (χ1n) is 9.16. The molecule has 1 atom stereocenters. The number of anilines is 1. The lowest BCUT2D eigenvalue weighted by Gasteiger charge is -2.39. The van der Waals surface area contributed by atoms with E-state index >= 15 is 0 Å². The average molecular weight is 349 g/mol. The van der Waals surface area contributed by atoms with Crippen molar-refractivity contribution in [3.05, 3.63) is 11.4 Å². The van der Waals surface area contributed by atoms with Gasteiger partial charge in [0.05, 0.1) is 17.1 Å². The van der Waals surface area contributed by atoms with Crippen LogP contribution in [0.5, 0.6) is 0 Å². The fourth-order valence-electron chi connectivity index (χ4n) is 3.32. The molecule has 0 saturated carbocycles. The van der Waals surface area contributed by atoms with E-state index in [1.54, 1.807) is 11.8 Å². The first kappa shape index (κ1) is 19.3. The van der Waals surface area contributed by atoms with Crippen molar-refractivity contribution in [2.45, 2.75) is 60.5 Å². The second kappa shape index (κ2) is 7.89. The number of aromatic nitrogens is 2. The summed E-state index contributed by atoms with van der Waals surface area (Å²) in [7, 11) is 0. The number of carbonyl (C=O) groups excluding carboxylic acids is 2. The largest absolute Gasteiger partial charge is 0.339 e. The molecule has 0 unspecified atom stereocenters. The molecule has 25 heavy (non-hydrogen) atoms. The highest BCUT2D eigenvalue weighted by Gasteiger charge is 2.34. The molecule has 1 aliphatic heterocycles. The fourth-order valence-corrected chi connectivity index (χ4v) is 3.32. The van der Waals surface area contributed by atoms with Gasteiger partial charge in [-0.15, -0.1) is 0 Å². The second-order valence-electron chi connectivity index (χ2n) is 7.25. The third kappa shape index (κ3) is 4.14. The van der Waals surface area contributed by atoms with Gasteiger partial charge in [-0.1, -0.05) is 20.8 Å². The number of hydrogen-bond donors (Lipinski definition) is 1. The van der Waals surface area contributed by atoms with E-state index in [-0.39, 0.29) is 11.9 Å². The predicted octanol–water partition coefficient (Wildman–Crippen LogP) is 2.63. The molecule has 1 aromatic heterocycles. The van der Waals surface area contributed by atoms with Crippen LogP contribution in [0.15, 0.2) is 0 Å². The van der Waals surface area contributed by atoms with Crippen molar-refractivity contribution in [3.8, 4) is 0 Å². The Morgan fingerprint density at radius 1 is 1.32 bits per heavy atom. The van der Waals surface area contributed by atoms with E-state index in [1.165, 1.54) is 0 Å². The Morgan fingerprint density at radius 2 is 2.00 bits per heavy atom. The topological polar surface area (TPSA) is 70.5 Å². The first-order chi connectivity index (χ1) is 11.8. The summed E-state index contributed by atoms with van der Waals surface area (Å²) >= 11 is 0. The Balaban J connectivity index is 2.08. The highest BCUT2D eigenvalue weighted by Crippen LogP contribution is 2.21. The van der Waals surface area contributed by atoms with Gasteiger partial charge in [-0.3, -0.25) is 9.48 Å². The lowest BCUT2D eigenvalue weighted by Crippen LogP contribution is -2.59. The summed E-state index contributed by atoms with van der Waals surface area (Å²) in [6.45, 7) is 14.6. The van der Waals surface area contributed by atoms with E-state index < -0.39 is 6.04 Å². The van der Waals surface area contributed by atoms with Crippen molar-refractivity contribution in [2.75, 3.05) is 25.0 Å². The molecule has 0 radical (unpaired) electrons. The fraction of sp³-hybridized carbons (Fsp3) is 0.722. The van der Waals surface area contributed by atoms with Gasteiger partial charge in [0, 0.05) is 26.2 Å². The molecule has 0 aliphatic carbocycles. The molecule has 1 aromatic rings. The summed E-state index contributed by atoms with van der Waals surface area (Å²) in [6, 6.07) is -0.675. The van der Waals surface area contributed by atoms with Crippen LogP contribution in [0.2, 0.25) is 0 Å². The van der Waals surface area contributed by atoms with Gasteiger partial charge < -0.3 is 15.1 Å². The Hall–Kier alpha value is -2.05. The zero-order valence-corrected chi connectivity index (χ0v) is 16.3. The molecule has 2 rings (SSSR count). The lowest BCUT2D eigenvalue weighted by atomic mass is 10.1. The standard InChI is InChI=1S/C18H31N5O2/c1-7-8-23-14(5)16(13(4)20-23)19-18(25)22-10-9-21(11-12(2)3)17(24)15(22)6/h12,15H,7-11H2,1-6H3,(H,19,25)/t15-/m1/s1. The minimum Gasteiger partial charge on any atom is -0.339 e. The zero-order chi connectivity index (χ0) is 18.7. The highest BCUT2D eigenvalue weighted by atomic mass is 16.2. The molecule has 0 spiro atoms. The van der Waals surface area contributed by atoms with E-state index in [1.807, 2.05) is 23.4 Å². The van der Waals surface area contributed by atoms with E-state index in [4.69, 9.17) is 0 Å². The van der Waals surface area contributed by atoms with Crippen LogP contribution in [0.3, 0.4) is 0 Å². The van der Waals surface area contributed by atoms with Crippen LogP contribution in [0, 0.1) is 19.8 Å². The van der Waals surface area contributed by atoms with Gasteiger partial charge in [0.2, 0.25) is 5.91 Å². The van der Waals surface area contributed by atoms with Crippen LogP contribution in [-0.4, -0.2) is 57.2 Å². The number of hydrogen-bond acceptors (Lipinski definition) is 3. The Kier molecular flexibility index (Phi) is 6.08. The number of urea groups is 1. The third-order valence-electron chi connectivity index (χ3n) is 4.64. The van der Waals surface area contributed by atoms with Gasteiger partial charge >= 0.3 is 6.03 Å². The van der Waals surface area contributed by atoms with Gasteiger partial charge in [0.1, 0.15) is 6.04 Å². The number of amides is 3. The number of rotatable bonds is 5. The predicted molar refractivity (Wildman–Crippen MR) is 98.6 cm³/mol. The summed E-state index contributed by atoms with van der Waals surface area (Å²) in [5.74, 6) is 0.441. The number of aryl methyl sites for hydroxylation is 2. The van der Waals surface area contributed by atoms with Crippen molar-refractivity contribution in [3.63, 3.8) is 0 Å². The molecule has 7 heteroatoms. The summed E-state index contributed by atoms with van der Waals surface area (Å²) in [6.07, 6.45) is 0.985. The molecule has 1 N–H and O–H groups in total. The van der Waals surface area contributed by atoms with E-state index in [0.717, 1.165) is 36.6 Å². The Morgan fingerprint density at radius 3 is 2.60 bits per heavy atom. The van der Waals surface area contributed by atoms with Crippen molar-refractivity contribution >= 4 is 17.6 Å². The van der Waals surface area contributed by atoms with Crippen LogP contribution in [-0.2, 0) is 11.3 Å². The van der Waals surface area contributed by atoms with Gasteiger partial charge in [-0.05, 0) is 33.1 Å². The quantitative estimate of drug-likeness (QED) is 0.888. The molecule has 1 fully saturated rings. The molecular formula is C18H31N5O2. The van der Waals surface area contributed by atoms with E-state index in [2.05, 4.69) is 31.2 Å². The van der Waals surface area contributed by atoms with Crippen LogP contribution < -0.4 is 5.32 Å². The van der Waals surface area contributed by atoms with Crippen LogP contribution >= 0.6 is 0 Å². The van der Waals surface area contributed by atoms with Gasteiger partial charge in [0.25, 0.3) is 0 Å². The number of carbonyl (C=O) groups is 2. The Labute approximate surface area is 150 Å². The lowest BCUT2D eigenvalue weighted by molar-refractivity contribution is -0.139. The van der Waals surface area contributed by atoms with Crippen molar-refractivity contribution in [1.29, 1.82) is 0 Å². The summed E-state index contributed by atoms with van der Waals surface area (Å²) in [4.78, 5) is 28.7. The van der Waals surface area contributed by atoms with Gasteiger partial charge in [0.15, 0.2) is 0 Å². The normalized spacial score (nSPS) is 18.2. The molecule has 0 bridgehead atoms. The third-order valence-corrected chi connectivity index (χ3v) is 4.64. The van der Waals surface area contributed by atoms with Crippen LogP contribution in [0.25, 0.3) is 0 Å². The molecule has 2 heterocycles. The smallest absolute Gasteiger partial charge is 0.322 e. The summed E-state index contributed by atoms with van der Waals surface area (Å²) in [5, 5.41) is 7.45. The molecule has 7 nitrogen and oxygen atoms in total. The van der Waals surface area contributed by atoms with Gasteiger partial charge in [-0.25, -0.2) is 4.79 Å². The van der Waals surface area contributed by atoms with Crippen LogP contribution in [0.1, 0.15) is 45.5 Å².